The molecule has 2 fully saturated rings. The molecule has 0 aliphatic carbocycles. The number of halogens is 1. The van der Waals surface area contributed by atoms with Crippen molar-refractivity contribution in [1.82, 2.24) is 9.80 Å². The maximum atomic E-state index is 13.6. The summed E-state index contributed by atoms with van der Waals surface area (Å²) in [5.41, 5.74) is 0.532. The first-order valence-electron chi connectivity index (χ1n) is 9.00. The number of carbonyl (C=O) groups excluding carboxylic acids is 1. The first-order valence-corrected chi connectivity index (χ1v) is 9.00. The van der Waals surface area contributed by atoms with Crippen LogP contribution in [0, 0.1) is 12.7 Å². The van der Waals surface area contributed by atoms with E-state index in [1.807, 2.05) is 26.1 Å². The number of nitrogens with zero attached hydrogens (tertiary/aromatic N) is 3. The minimum atomic E-state index is -0.315. The zero-order valence-electron chi connectivity index (χ0n) is 15.2. The van der Waals surface area contributed by atoms with Gasteiger partial charge in [0.2, 0.25) is 5.91 Å². The summed E-state index contributed by atoms with van der Waals surface area (Å²) in [5, 5.41) is 0. The van der Waals surface area contributed by atoms with E-state index in [1.54, 1.807) is 17.0 Å². The molecule has 0 bridgehead atoms. The van der Waals surface area contributed by atoms with Gasteiger partial charge in [0.05, 0.1) is 18.6 Å². The van der Waals surface area contributed by atoms with Crippen molar-refractivity contribution in [2.45, 2.75) is 25.4 Å². The molecule has 1 amide bonds. The SMILES string of the molecule is Cc1ccc(CN2CCC3(C2)CN(c2cccc(F)c2)C(=O)CN3C)o1. The van der Waals surface area contributed by atoms with Crippen LogP contribution in [-0.2, 0) is 11.3 Å². The van der Waals surface area contributed by atoms with Gasteiger partial charge in [-0.15, -0.1) is 0 Å². The Bertz CT molecular complexity index is 821. The molecule has 4 rings (SSSR count). The van der Waals surface area contributed by atoms with Gasteiger partial charge in [-0.25, -0.2) is 4.39 Å². The first-order chi connectivity index (χ1) is 12.4. The normalized spacial score (nSPS) is 24.7. The number of aryl methyl sites for hydroxylation is 1. The van der Waals surface area contributed by atoms with Crippen LogP contribution in [0.2, 0.25) is 0 Å². The van der Waals surface area contributed by atoms with Crippen molar-refractivity contribution in [3.8, 4) is 0 Å². The third-order valence-electron chi connectivity index (χ3n) is 5.64. The van der Waals surface area contributed by atoms with Crippen LogP contribution in [-0.4, -0.2) is 54.5 Å². The van der Waals surface area contributed by atoms with Crippen molar-refractivity contribution in [1.29, 1.82) is 0 Å². The highest BCUT2D eigenvalue weighted by molar-refractivity contribution is 5.96. The quantitative estimate of drug-likeness (QED) is 0.847. The summed E-state index contributed by atoms with van der Waals surface area (Å²) in [4.78, 5) is 18.8. The van der Waals surface area contributed by atoms with E-state index >= 15 is 0 Å². The van der Waals surface area contributed by atoms with E-state index in [0.717, 1.165) is 37.6 Å². The Balaban J connectivity index is 1.52. The van der Waals surface area contributed by atoms with Gasteiger partial charge >= 0.3 is 0 Å². The molecule has 138 valence electrons. The Morgan fingerprint density at radius 3 is 2.81 bits per heavy atom. The van der Waals surface area contributed by atoms with E-state index in [9.17, 15) is 9.18 Å². The third kappa shape index (κ3) is 3.15. The second-order valence-corrected chi connectivity index (χ2v) is 7.51. The van der Waals surface area contributed by atoms with Crippen LogP contribution in [0.3, 0.4) is 0 Å². The molecule has 0 N–H and O–H groups in total. The molecule has 2 saturated heterocycles. The molecule has 0 saturated carbocycles. The lowest BCUT2D eigenvalue weighted by atomic mass is 9.92. The predicted octanol–water partition coefficient (Wildman–Crippen LogP) is 2.65. The van der Waals surface area contributed by atoms with Crippen LogP contribution in [0.4, 0.5) is 10.1 Å². The van der Waals surface area contributed by atoms with Crippen molar-refractivity contribution in [2.24, 2.45) is 0 Å². The zero-order chi connectivity index (χ0) is 18.3. The van der Waals surface area contributed by atoms with Gasteiger partial charge in [-0.2, -0.15) is 0 Å². The Morgan fingerprint density at radius 2 is 2.08 bits per heavy atom. The van der Waals surface area contributed by atoms with Crippen LogP contribution in [0.1, 0.15) is 17.9 Å². The smallest absolute Gasteiger partial charge is 0.241 e. The molecule has 6 heteroatoms. The predicted molar refractivity (Wildman–Crippen MR) is 97.5 cm³/mol. The molecular weight excluding hydrogens is 333 g/mol. The highest BCUT2D eigenvalue weighted by Gasteiger charge is 2.47. The molecule has 3 heterocycles. The van der Waals surface area contributed by atoms with Gasteiger partial charge in [0, 0.05) is 25.3 Å². The molecule has 0 radical (unpaired) electrons. The number of furan rings is 1. The topological polar surface area (TPSA) is 39.9 Å². The Hall–Kier alpha value is -2.18. The highest BCUT2D eigenvalue weighted by atomic mass is 19.1. The van der Waals surface area contributed by atoms with E-state index in [-0.39, 0.29) is 17.3 Å². The summed E-state index contributed by atoms with van der Waals surface area (Å²) in [5.74, 6) is 1.59. The number of likely N-dealkylation sites (N-methyl/N-ethyl adjacent to an activating group) is 1. The summed E-state index contributed by atoms with van der Waals surface area (Å²) in [7, 11) is 2.02. The van der Waals surface area contributed by atoms with E-state index < -0.39 is 0 Å². The summed E-state index contributed by atoms with van der Waals surface area (Å²) >= 11 is 0. The van der Waals surface area contributed by atoms with Crippen LogP contribution >= 0.6 is 0 Å². The molecule has 1 aromatic heterocycles. The van der Waals surface area contributed by atoms with Gasteiger partial charge in [-0.05, 0) is 50.7 Å². The molecule has 1 unspecified atom stereocenters. The van der Waals surface area contributed by atoms with E-state index in [1.165, 1.54) is 12.1 Å². The second-order valence-electron chi connectivity index (χ2n) is 7.51. The lowest BCUT2D eigenvalue weighted by Crippen LogP contribution is -2.64. The second kappa shape index (κ2) is 6.52. The number of likely N-dealkylation sites (tertiary alicyclic amines) is 1. The number of hydrogen-bond donors (Lipinski definition) is 0. The van der Waals surface area contributed by atoms with E-state index in [2.05, 4.69) is 9.80 Å². The highest BCUT2D eigenvalue weighted by Crippen LogP contribution is 2.34. The summed E-state index contributed by atoms with van der Waals surface area (Å²) in [6.07, 6.45) is 0.974. The Kier molecular flexibility index (Phi) is 4.32. The number of amides is 1. The van der Waals surface area contributed by atoms with Crippen molar-refractivity contribution in [3.05, 3.63) is 53.7 Å². The number of carbonyl (C=O) groups is 1. The lowest BCUT2D eigenvalue weighted by Gasteiger charge is -2.47. The fraction of sp³-hybridized carbons (Fsp3) is 0.450. The maximum absolute atomic E-state index is 13.6. The fourth-order valence-corrected chi connectivity index (χ4v) is 4.15. The monoisotopic (exact) mass is 357 g/mol. The minimum absolute atomic E-state index is 0.0174. The van der Waals surface area contributed by atoms with Crippen molar-refractivity contribution >= 4 is 11.6 Å². The van der Waals surface area contributed by atoms with Gasteiger partial charge in [-0.3, -0.25) is 14.6 Å². The van der Waals surface area contributed by atoms with Crippen LogP contribution in [0.25, 0.3) is 0 Å². The summed E-state index contributed by atoms with van der Waals surface area (Å²) < 4.78 is 19.3. The Morgan fingerprint density at radius 1 is 1.23 bits per heavy atom. The maximum Gasteiger partial charge on any atom is 0.241 e. The molecule has 1 spiro atoms. The Labute approximate surface area is 153 Å². The van der Waals surface area contributed by atoms with Crippen LogP contribution < -0.4 is 4.90 Å². The first kappa shape index (κ1) is 17.2. The molecule has 2 aliphatic heterocycles. The van der Waals surface area contributed by atoms with Gasteiger partial charge < -0.3 is 9.32 Å². The summed E-state index contributed by atoms with van der Waals surface area (Å²) in [6.45, 7) is 5.48. The van der Waals surface area contributed by atoms with Gasteiger partial charge in [-0.1, -0.05) is 6.07 Å². The van der Waals surface area contributed by atoms with E-state index in [0.29, 0.717) is 18.8 Å². The summed E-state index contributed by atoms with van der Waals surface area (Å²) in [6, 6.07) is 10.3. The van der Waals surface area contributed by atoms with Crippen LogP contribution in [0.5, 0.6) is 0 Å². The van der Waals surface area contributed by atoms with Gasteiger partial charge in [0.25, 0.3) is 0 Å². The standard InChI is InChI=1S/C20H24FN3O2/c1-15-6-7-18(26-15)11-23-9-8-20(13-23)14-24(19(25)12-22(20)2)17-5-3-4-16(21)10-17/h3-7,10H,8-9,11-14H2,1-2H3. The average molecular weight is 357 g/mol. The molecule has 5 nitrogen and oxygen atoms in total. The largest absolute Gasteiger partial charge is 0.465 e. The lowest BCUT2D eigenvalue weighted by molar-refractivity contribution is -0.123. The number of hydrogen-bond acceptors (Lipinski definition) is 4. The minimum Gasteiger partial charge on any atom is -0.465 e. The van der Waals surface area contributed by atoms with Gasteiger partial charge in [0.15, 0.2) is 0 Å². The van der Waals surface area contributed by atoms with E-state index in [4.69, 9.17) is 4.42 Å². The molecule has 1 aromatic carbocycles. The zero-order valence-corrected chi connectivity index (χ0v) is 15.2. The molecule has 2 aliphatic rings. The number of rotatable bonds is 3. The third-order valence-corrected chi connectivity index (χ3v) is 5.64. The molecule has 1 atom stereocenters. The number of benzene rings is 1. The van der Waals surface area contributed by atoms with Crippen molar-refractivity contribution in [2.75, 3.05) is 38.1 Å². The molecule has 2 aromatic rings. The average Bonchev–Trinajstić information content (AvgIpc) is 3.19. The van der Waals surface area contributed by atoms with Crippen molar-refractivity contribution < 1.29 is 13.6 Å². The molecule has 26 heavy (non-hydrogen) atoms. The molecular formula is C20H24FN3O2. The van der Waals surface area contributed by atoms with Crippen molar-refractivity contribution in [3.63, 3.8) is 0 Å². The van der Waals surface area contributed by atoms with Gasteiger partial charge in [0.1, 0.15) is 17.3 Å². The number of piperazine rings is 1. The van der Waals surface area contributed by atoms with Crippen LogP contribution in [0.15, 0.2) is 40.8 Å². The fourth-order valence-electron chi connectivity index (χ4n) is 4.15. The number of anilines is 1.